The summed E-state index contributed by atoms with van der Waals surface area (Å²) in [6.45, 7) is 0.589. The average Bonchev–Trinajstić information content (AvgIpc) is 2.88. The summed E-state index contributed by atoms with van der Waals surface area (Å²) in [4.78, 5) is 4.31. The first-order valence-corrected chi connectivity index (χ1v) is 5.75. The highest BCUT2D eigenvalue weighted by atomic mass is 16.5. The van der Waals surface area contributed by atoms with Gasteiger partial charge in [0, 0.05) is 18.9 Å². The van der Waals surface area contributed by atoms with E-state index in [0.29, 0.717) is 6.61 Å². The van der Waals surface area contributed by atoms with E-state index in [0.717, 1.165) is 22.3 Å². The molecule has 18 heavy (non-hydrogen) atoms. The molecule has 0 unspecified atom stereocenters. The molecule has 0 N–H and O–H groups in total. The second kappa shape index (κ2) is 4.58. The Hall–Kier alpha value is -2.20. The summed E-state index contributed by atoms with van der Waals surface area (Å²) in [7, 11) is 1.70. The number of ether oxygens (including phenoxy) is 1. The van der Waals surface area contributed by atoms with E-state index in [2.05, 4.69) is 28.3 Å². The number of fused-ring (bicyclic) bond motifs is 1. The average molecular weight is 239 g/mol. The first-order chi connectivity index (χ1) is 8.90. The molecule has 0 atom stereocenters. The van der Waals surface area contributed by atoms with E-state index in [9.17, 15) is 0 Å². The third-order valence-electron chi connectivity index (χ3n) is 2.91. The van der Waals surface area contributed by atoms with Crippen LogP contribution >= 0.6 is 0 Å². The monoisotopic (exact) mass is 239 g/mol. The van der Waals surface area contributed by atoms with Crippen molar-refractivity contribution in [3.05, 3.63) is 54.5 Å². The van der Waals surface area contributed by atoms with Gasteiger partial charge in [0.05, 0.1) is 6.61 Å². The molecule has 0 saturated heterocycles. The van der Waals surface area contributed by atoms with E-state index < -0.39 is 0 Å². The standard InChI is InChI=1S/C14H13N3O/c1-18-9-11-5-2-3-6-12(11)13-7-4-8-17-14(13)15-10-16-17/h2-8,10H,9H2,1H3. The fraction of sp³-hybridized carbons (Fsp3) is 0.143. The van der Waals surface area contributed by atoms with Crippen molar-refractivity contribution in [3.8, 4) is 11.1 Å². The number of nitrogens with zero attached hydrogens (tertiary/aromatic N) is 3. The van der Waals surface area contributed by atoms with Gasteiger partial charge in [-0.15, -0.1) is 0 Å². The minimum atomic E-state index is 0.589. The lowest BCUT2D eigenvalue weighted by Crippen LogP contribution is -1.95. The zero-order valence-electron chi connectivity index (χ0n) is 10.1. The molecule has 0 bridgehead atoms. The lowest BCUT2D eigenvalue weighted by atomic mass is 10.0. The molecule has 0 fully saturated rings. The van der Waals surface area contributed by atoms with Gasteiger partial charge in [-0.1, -0.05) is 24.3 Å². The number of benzene rings is 1. The van der Waals surface area contributed by atoms with E-state index in [-0.39, 0.29) is 0 Å². The van der Waals surface area contributed by atoms with E-state index >= 15 is 0 Å². The third kappa shape index (κ3) is 1.76. The lowest BCUT2D eigenvalue weighted by Gasteiger charge is -2.09. The van der Waals surface area contributed by atoms with Gasteiger partial charge >= 0.3 is 0 Å². The first kappa shape index (κ1) is 10.9. The van der Waals surface area contributed by atoms with Crippen molar-refractivity contribution in [1.82, 2.24) is 14.6 Å². The molecule has 90 valence electrons. The summed E-state index contributed by atoms with van der Waals surface area (Å²) in [6.07, 6.45) is 3.46. The highest BCUT2D eigenvalue weighted by Crippen LogP contribution is 2.26. The van der Waals surface area contributed by atoms with Crippen molar-refractivity contribution < 1.29 is 4.74 Å². The van der Waals surface area contributed by atoms with Gasteiger partial charge < -0.3 is 4.74 Å². The van der Waals surface area contributed by atoms with Crippen molar-refractivity contribution in [2.45, 2.75) is 6.61 Å². The summed E-state index contributed by atoms with van der Waals surface area (Å²) < 4.78 is 7.02. The zero-order valence-corrected chi connectivity index (χ0v) is 10.1. The summed E-state index contributed by atoms with van der Waals surface area (Å²) in [5.41, 5.74) is 4.22. The van der Waals surface area contributed by atoms with E-state index in [1.54, 1.807) is 18.0 Å². The van der Waals surface area contributed by atoms with Crippen molar-refractivity contribution in [2.75, 3.05) is 7.11 Å². The maximum absolute atomic E-state index is 5.24. The molecule has 0 radical (unpaired) electrons. The summed E-state index contributed by atoms with van der Waals surface area (Å²) in [5.74, 6) is 0. The Morgan fingerprint density at radius 1 is 1.11 bits per heavy atom. The molecule has 1 aromatic carbocycles. The first-order valence-electron chi connectivity index (χ1n) is 5.75. The fourth-order valence-electron chi connectivity index (χ4n) is 2.12. The molecule has 0 aliphatic rings. The molecular weight excluding hydrogens is 226 g/mol. The number of aromatic nitrogens is 3. The molecule has 0 saturated carbocycles. The molecule has 3 aromatic rings. The van der Waals surface area contributed by atoms with Crippen LogP contribution in [-0.2, 0) is 11.3 Å². The second-order valence-electron chi connectivity index (χ2n) is 4.04. The molecule has 2 aromatic heterocycles. The SMILES string of the molecule is COCc1ccccc1-c1cccn2ncnc12. The number of hydrogen-bond acceptors (Lipinski definition) is 3. The normalized spacial score (nSPS) is 10.9. The Labute approximate surface area is 105 Å². The van der Waals surface area contributed by atoms with Gasteiger partial charge in [0.1, 0.15) is 6.33 Å². The van der Waals surface area contributed by atoms with Crippen LogP contribution < -0.4 is 0 Å². The van der Waals surface area contributed by atoms with Gasteiger partial charge in [0.2, 0.25) is 0 Å². The number of rotatable bonds is 3. The van der Waals surface area contributed by atoms with Crippen LogP contribution in [0.15, 0.2) is 48.9 Å². The molecule has 0 aliphatic heterocycles. The largest absolute Gasteiger partial charge is 0.380 e. The van der Waals surface area contributed by atoms with Gasteiger partial charge in [-0.2, -0.15) is 5.10 Å². The van der Waals surface area contributed by atoms with Gasteiger partial charge in [0.15, 0.2) is 5.65 Å². The van der Waals surface area contributed by atoms with Crippen molar-refractivity contribution in [2.24, 2.45) is 0 Å². The maximum Gasteiger partial charge on any atom is 0.163 e. The molecular formula is C14H13N3O. The molecule has 2 heterocycles. The van der Waals surface area contributed by atoms with Crippen LogP contribution in [0, 0.1) is 0 Å². The van der Waals surface area contributed by atoms with Crippen LogP contribution in [0.5, 0.6) is 0 Å². The summed E-state index contributed by atoms with van der Waals surface area (Å²) in [6, 6.07) is 12.2. The third-order valence-corrected chi connectivity index (χ3v) is 2.91. The molecule has 0 amide bonds. The number of hydrogen-bond donors (Lipinski definition) is 0. The van der Waals surface area contributed by atoms with Crippen LogP contribution in [0.3, 0.4) is 0 Å². The second-order valence-corrected chi connectivity index (χ2v) is 4.04. The maximum atomic E-state index is 5.24. The Balaban J connectivity index is 2.23. The van der Waals surface area contributed by atoms with Gasteiger partial charge in [0.25, 0.3) is 0 Å². The number of methoxy groups -OCH3 is 1. The minimum absolute atomic E-state index is 0.589. The molecule has 4 heteroatoms. The van der Waals surface area contributed by atoms with E-state index in [4.69, 9.17) is 4.74 Å². The van der Waals surface area contributed by atoms with Crippen LogP contribution in [0.2, 0.25) is 0 Å². The Kier molecular flexibility index (Phi) is 2.78. The van der Waals surface area contributed by atoms with Crippen molar-refractivity contribution in [3.63, 3.8) is 0 Å². The van der Waals surface area contributed by atoms with Crippen LogP contribution in [-0.4, -0.2) is 21.7 Å². The smallest absolute Gasteiger partial charge is 0.163 e. The predicted octanol–water partition coefficient (Wildman–Crippen LogP) is 2.54. The summed E-state index contributed by atoms with van der Waals surface area (Å²) >= 11 is 0. The van der Waals surface area contributed by atoms with Gasteiger partial charge in [-0.05, 0) is 23.3 Å². The highest BCUT2D eigenvalue weighted by molar-refractivity contribution is 5.79. The minimum Gasteiger partial charge on any atom is -0.380 e. The Morgan fingerprint density at radius 3 is 2.83 bits per heavy atom. The molecule has 3 rings (SSSR count). The Morgan fingerprint density at radius 2 is 1.94 bits per heavy atom. The van der Waals surface area contributed by atoms with Gasteiger partial charge in [-0.3, -0.25) is 0 Å². The van der Waals surface area contributed by atoms with Crippen LogP contribution in [0.1, 0.15) is 5.56 Å². The van der Waals surface area contributed by atoms with Gasteiger partial charge in [-0.25, -0.2) is 9.50 Å². The Bertz CT molecular complexity index is 675. The lowest BCUT2D eigenvalue weighted by molar-refractivity contribution is 0.185. The quantitative estimate of drug-likeness (QED) is 0.705. The van der Waals surface area contributed by atoms with E-state index in [1.165, 1.54) is 0 Å². The molecule has 4 nitrogen and oxygen atoms in total. The van der Waals surface area contributed by atoms with Crippen LogP contribution in [0.4, 0.5) is 0 Å². The predicted molar refractivity (Wildman–Crippen MR) is 69.1 cm³/mol. The highest BCUT2D eigenvalue weighted by Gasteiger charge is 2.09. The van der Waals surface area contributed by atoms with Crippen LogP contribution in [0.25, 0.3) is 16.8 Å². The van der Waals surface area contributed by atoms with Crippen molar-refractivity contribution in [1.29, 1.82) is 0 Å². The van der Waals surface area contributed by atoms with Crippen molar-refractivity contribution >= 4 is 5.65 Å². The van der Waals surface area contributed by atoms with E-state index in [1.807, 2.05) is 24.4 Å². The number of pyridine rings is 1. The molecule has 0 spiro atoms. The topological polar surface area (TPSA) is 39.4 Å². The fourth-order valence-corrected chi connectivity index (χ4v) is 2.12. The molecule has 0 aliphatic carbocycles. The zero-order chi connectivity index (χ0) is 12.4. The summed E-state index contributed by atoms with van der Waals surface area (Å²) in [5, 5.41) is 4.15.